The van der Waals surface area contributed by atoms with Crippen LogP contribution in [0.5, 0.6) is 11.5 Å². The van der Waals surface area contributed by atoms with Crippen molar-refractivity contribution in [3.63, 3.8) is 0 Å². The summed E-state index contributed by atoms with van der Waals surface area (Å²) in [5, 5.41) is 20.6. The third-order valence-corrected chi connectivity index (χ3v) is 4.78. The number of aliphatic hydroxyl groups excluding tert-OH is 1. The van der Waals surface area contributed by atoms with E-state index in [-0.39, 0.29) is 36.3 Å². The molecule has 0 radical (unpaired) electrons. The third-order valence-electron chi connectivity index (χ3n) is 4.78. The number of phenols is 1. The Bertz CT molecular complexity index is 947. The molecule has 1 fully saturated rings. The number of rotatable bonds is 7. The Labute approximate surface area is 175 Å². The van der Waals surface area contributed by atoms with Crippen LogP contribution in [0, 0.1) is 0 Å². The average Bonchev–Trinajstić information content (AvgIpc) is 2.97. The van der Waals surface area contributed by atoms with Gasteiger partial charge in [-0.15, -0.1) is 0 Å². The van der Waals surface area contributed by atoms with Gasteiger partial charge in [0.2, 0.25) is 0 Å². The van der Waals surface area contributed by atoms with Gasteiger partial charge in [0.1, 0.15) is 17.3 Å². The minimum absolute atomic E-state index is 0.000629. The zero-order valence-corrected chi connectivity index (χ0v) is 17.2. The monoisotopic (exact) mass is 411 g/mol. The number of hydrogen-bond acceptors (Lipinski definition) is 6. The van der Waals surface area contributed by atoms with Crippen molar-refractivity contribution in [2.24, 2.45) is 0 Å². The smallest absolute Gasteiger partial charge is 0.295 e. The molecule has 0 spiro atoms. The standard InChI is InChI=1S/C23H25NO6/c1-14(2)30-18-10-6-16(7-11-18)21(26)19-20(15-4-8-17(25)9-5-15)24(12-13-29-3)23(28)22(19)27/h4-11,14,20,25-26H,12-13H2,1-3H3/b21-19+/t20-/m1/s1. The Kier molecular flexibility index (Phi) is 6.42. The van der Waals surface area contributed by atoms with Crippen LogP contribution in [-0.2, 0) is 14.3 Å². The summed E-state index contributed by atoms with van der Waals surface area (Å²) in [5.74, 6) is -1.02. The molecule has 3 rings (SSSR count). The topological polar surface area (TPSA) is 96.3 Å². The molecule has 7 nitrogen and oxygen atoms in total. The van der Waals surface area contributed by atoms with Crippen LogP contribution in [0.2, 0.25) is 0 Å². The lowest BCUT2D eigenvalue weighted by atomic mass is 9.95. The summed E-state index contributed by atoms with van der Waals surface area (Å²) >= 11 is 0. The molecule has 0 aromatic heterocycles. The number of hydrogen-bond donors (Lipinski definition) is 2. The lowest BCUT2D eigenvalue weighted by Gasteiger charge is -2.25. The molecular formula is C23H25NO6. The minimum Gasteiger partial charge on any atom is -0.508 e. The summed E-state index contributed by atoms with van der Waals surface area (Å²) in [4.78, 5) is 26.9. The number of phenolic OH excluding ortho intramolecular Hbond substituents is 1. The van der Waals surface area contributed by atoms with Crippen LogP contribution in [0.4, 0.5) is 0 Å². The van der Waals surface area contributed by atoms with E-state index >= 15 is 0 Å². The molecule has 1 atom stereocenters. The van der Waals surface area contributed by atoms with Gasteiger partial charge >= 0.3 is 0 Å². The number of nitrogens with zero attached hydrogens (tertiary/aromatic N) is 1. The molecule has 2 aromatic rings. The summed E-state index contributed by atoms with van der Waals surface area (Å²) in [6.45, 7) is 4.24. The fourth-order valence-electron chi connectivity index (χ4n) is 3.42. The molecule has 158 valence electrons. The first-order valence-electron chi connectivity index (χ1n) is 9.67. The van der Waals surface area contributed by atoms with Gasteiger partial charge in [0.25, 0.3) is 11.7 Å². The van der Waals surface area contributed by atoms with Gasteiger partial charge in [0.15, 0.2) is 0 Å². The van der Waals surface area contributed by atoms with Gasteiger partial charge in [-0.2, -0.15) is 0 Å². The maximum Gasteiger partial charge on any atom is 0.295 e. The van der Waals surface area contributed by atoms with E-state index < -0.39 is 17.7 Å². The van der Waals surface area contributed by atoms with Crippen LogP contribution in [0.1, 0.15) is 31.0 Å². The Hall–Kier alpha value is -3.32. The second kappa shape index (κ2) is 9.00. The van der Waals surface area contributed by atoms with Crippen molar-refractivity contribution in [3.05, 3.63) is 65.2 Å². The highest BCUT2D eigenvalue weighted by molar-refractivity contribution is 6.46. The summed E-state index contributed by atoms with van der Waals surface area (Å²) in [5.41, 5.74) is 1.00. The van der Waals surface area contributed by atoms with E-state index in [0.717, 1.165) is 0 Å². The molecule has 1 aliphatic rings. The van der Waals surface area contributed by atoms with Gasteiger partial charge < -0.3 is 24.6 Å². The number of likely N-dealkylation sites (tertiary alicyclic amines) is 1. The van der Waals surface area contributed by atoms with Gasteiger partial charge in [0, 0.05) is 19.2 Å². The van der Waals surface area contributed by atoms with Crippen molar-refractivity contribution in [2.45, 2.75) is 26.0 Å². The Balaban J connectivity index is 2.07. The first-order chi connectivity index (χ1) is 14.3. The Morgan fingerprint density at radius 2 is 1.70 bits per heavy atom. The van der Waals surface area contributed by atoms with E-state index in [9.17, 15) is 19.8 Å². The second-order valence-electron chi connectivity index (χ2n) is 7.27. The average molecular weight is 411 g/mol. The quantitative estimate of drug-likeness (QED) is 0.413. The first kappa shape index (κ1) is 21.4. The first-order valence-corrected chi connectivity index (χ1v) is 9.67. The summed E-state index contributed by atoms with van der Waals surface area (Å²) in [6.07, 6.45) is 0.00468. The number of amides is 1. The minimum atomic E-state index is -0.785. The van der Waals surface area contributed by atoms with Crippen molar-refractivity contribution in [1.29, 1.82) is 0 Å². The fourth-order valence-corrected chi connectivity index (χ4v) is 3.42. The Morgan fingerprint density at radius 1 is 1.07 bits per heavy atom. The number of carbonyl (C=O) groups excluding carboxylic acids is 2. The summed E-state index contributed by atoms with van der Waals surface area (Å²) in [7, 11) is 1.51. The van der Waals surface area contributed by atoms with Crippen LogP contribution < -0.4 is 4.74 Å². The van der Waals surface area contributed by atoms with Crippen LogP contribution >= 0.6 is 0 Å². The maximum atomic E-state index is 12.8. The molecule has 1 aliphatic heterocycles. The van der Waals surface area contributed by atoms with Gasteiger partial charge in [-0.05, 0) is 55.8 Å². The summed E-state index contributed by atoms with van der Waals surface area (Å²) < 4.78 is 10.7. The molecular weight excluding hydrogens is 386 g/mol. The third kappa shape index (κ3) is 4.31. The van der Waals surface area contributed by atoms with Crippen LogP contribution in [-0.4, -0.2) is 53.2 Å². The molecule has 2 aromatic carbocycles. The number of ketones is 1. The number of methoxy groups -OCH3 is 1. The van der Waals surface area contributed by atoms with E-state index in [1.807, 2.05) is 13.8 Å². The highest BCUT2D eigenvalue weighted by atomic mass is 16.5. The molecule has 2 N–H and O–H groups in total. The van der Waals surface area contributed by atoms with Gasteiger partial charge in [-0.3, -0.25) is 9.59 Å². The van der Waals surface area contributed by atoms with Crippen LogP contribution in [0.3, 0.4) is 0 Å². The van der Waals surface area contributed by atoms with Crippen molar-refractivity contribution in [2.75, 3.05) is 20.3 Å². The number of benzene rings is 2. The van der Waals surface area contributed by atoms with Crippen LogP contribution in [0.25, 0.3) is 5.76 Å². The van der Waals surface area contributed by atoms with Gasteiger partial charge in [0.05, 0.1) is 24.3 Å². The lowest BCUT2D eigenvalue weighted by Crippen LogP contribution is -2.32. The second-order valence-corrected chi connectivity index (χ2v) is 7.27. The Morgan fingerprint density at radius 3 is 2.27 bits per heavy atom. The van der Waals surface area contributed by atoms with E-state index in [4.69, 9.17) is 9.47 Å². The fraction of sp³-hybridized carbons (Fsp3) is 0.304. The van der Waals surface area contributed by atoms with Crippen molar-refractivity contribution in [3.8, 4) is 11.5 Å². The molecule has 7 heteroatoms. The number of Topliss-reactive ketones (excluding diaryl/α,β-unsaturated/α-hetero) is 1. The number of carbonyl (C=O) groups is 2. The van der Waals surface area contributed by atoms with Gasteiger partial charge in [-0.1, -0.05) is 12.1 Å². The molecule has 30 heavy (non-hydrogen) atoms. The predicted octanol–water partition coefficient (Wildman–Crippen LogP) is 3.25. The molecule has 0 saturated carbocycles. The molecule has 1 heterocycles. The van der Waals surface area contributed by atoms with Crippen molar-refractivity contribution >= 4 is 17.4 Å². The molecule has 0 unspecified atom stereocenters. The van der Waals surface area contributed by atoms with E-state index in [1.54, 1.807) is 36.4 Å². The highest BCUT2D eigenvalue weighted by Gasteiger charge is 2.45. The maximum absolute atomic E-state index is 12.8. The number of aliphatic hydroxyl groups is 1. The molecule has 0 aliphatic carbocycles. The number of aromatic hydroxyl groups is 1. The number of ether oxygens (including phenoxy) is 2. The predicted molar refractivity (Wildman–Crippen MR) is 111 cm³/mol. The van der Waals surface area contributed by atoms with Gasteiger partial charge in [-0.25, -0.2) is 0 Å². The molecule has 1 saturated heterocycles. The largest absolute Gasteiger partial charge is 0.508 e. The van der Waals surface area contributed by atoms with E-state index in [1.165, 1.54) is 24.1 Å². The lowest BCUT2D eigenvalue weighted by molar-refractivity contribution is -0.140. The zero-order chi connectivity index (χ0) is 21.8. The zero-order valence-electron chi connectivity index (χ0n) is 17.2. The molecule has 1 amide bonds. The van der Waals surface area contributed by atoms with E-state index in [2.05, 4.69) is 0 Å². The normalized spacial score (nSPS) is 18.3. The van der Waals surface area contributed by atoms with Crippen molar-refractivity contribution < 1.29 is 29.3 Å². The highest BCUT2D eigenvalue weighted by Crippen LogP contribution is 2.39. The molecule has 0 bridgehead atoms. The van der Waals surface area contributed by atoms with E-state index in [0.29, 0.717) is 16.9 Å². The van der Waals surface area contributed by atoms with Crippen LogP contribution in [0.15, 0.2) is 54.1 Å². The summed E-state index contributed by atoms with van der Waals surface area (Å²) in [6, 6.07) is 12.1. The SMILES string of the molecule is COCCN1C(=O)C(=O)/C(=C(/O)c2ccc(OC(C)C)cc2)[C@H]1c1ccc(O)cc1. The van der Waals surface area contributed by atoms with Crippen molar-refractivity contribution in [1.82, 2.24) is 4.90 Å².